The molecule has 140 valence electrons. The average molecular weight is 386 g/mol. The molecule has 0 aliphatic rings. The number of nitrogens with zero attached hydrogens (tertiary/aromatic N) is 1. The van der Waals surface area contributed by atoms with Crippen molar-refractivity contribution in [3.05, 3.63) is 51.9 Å². The molecule has 1 heterocycles. The van der Waals surface area contributed by atoms with Gasteiger partial charge in [-0.05, 0) is 35.2 Å². The summed E-state index contributed by atoms with van der Waals surface area (Å²) >= 11 is 1.17. The molecule has 0 aliphatic carbocycles. The molecular weight excluding hydrogens is 368 g/mol. The van der Waals surface area contributed by atoms with E-state index in [0.29, 0.717) is 22.9 Å². The highest BCUT2D eigenvalue weighted by Gasteiger charge is 2.17. The maximum atomic E-state index is 12.4. The molecular formula is C19H18N2O5S. The van der Waals surface area contributed by atoms with Gasteiger partial charge in [0.2, 0.25) is 0 Å². The summed E-state index contributed by atoms with van der Waals surface area (Å²) in [5, 5.41) is 13.9. The van der Waals surface area contributed by atoms with Crippen molar-refractivity contribution in [3.63, 3.8) is 0 Å². The van der Waals surface area contributed by atoms with Gasteiger partial charge in [-0.15, -0.1) is 11.3 Å². The quantitative estimate of drug-likeness (QED) is 0.446. The molecule has 1 N–H and O–H groups in total. The number of carbonyl (C=O) groups excluding carboxylic acids is 2. The van der Waals surface area contributed by atoms with Crippen LogP contribution in [0.1, 0.15) is 21.5 Å². The molecule has 1 amide bonds. The van der Waals surface area contributed by atoms with Crippen molar-refractivity contribution in [2.45, 2.75) is 6.61 Å². The number of hydrogen-bond acceptors (Lipinski definition) is 7. The lowest BCUT2D eigenvalue weighted by atomic mass is 10.1. The number of anilines is 1. The van der Waals surface area contributed by atoms with Gasteiger partial charge in [0.15, 0.2) is 0 Å². The number of benzene rings is 1. The summed E-state index contributed by atoms with van der Waals surface area (Å²) in [4.78, 5) is 24.1. The van der Waals surface area contributed by atoms with E-state index in [0.717, 1.165) is 5.56 Å². The van der Waals surface area contributed by atoms with E-state index in [4.69, 9.17) is 9.47 Å². The van der Waals surface area contributed by atoms with E-state index in [1.165, 1.54) is 24.5 Å². The van der Waals surface area contributed by atoms with Gasteiger partial charge in [-0.3, -0.25) is 4.79 Å². The average Bonchev–Trinajstić information content (AvgIpc) is 3.13. The Bertz CT molecular complexity index is 911. The van der Waals surface area contributed by atoms with E-state index in [2.05, 4.69) is 10.1 Å². The molecule has 0 spiro atoms. The first-order chi connectivity index (χ1) is 13.0. The predicted octanol–water partition coefficient (Wildman–Crippen LogP) is 3.24. The van der Waals surface area contributed by atoms with Gasteiger partial charge in [-0.25, -0.2) is 4.79 Å². The molecule has 1 aromatic carbocycles. The highest BCUT2D eigenvalue weighted by atomic mass is 32.1. The molecule has 0 fully saturated rings. The van der Waals surface area contributed by atoms with Crippen molar-refractivity contribution in [1.82, 2.24) is 0 Å². The number of esters is 1. The van der Waals surface area contributed by atoms with Crippen LogP contribution in [-0.2, 0) is 20.9 Å². The second kappa shape index (κ2) is 9.52. The van der Waals surface area contributed by atoms with Crippen LogP contribution in [0.25, 0.3) is 6.08 Å². The van der Waals surface area contributed by atoms with Crippen LogP contribution in [0, 0.1) is 11.3 Å². The van der Waals surface area contributed by atoms with E-state index in [1.54, 1.807) is 43.9 Å². The molecule has 0 saturated heterocycles. The summed E-state index contributed by atoms with van der Waals surface area (Å²) in [5.74, 6) is -0.527. The van der Waals surface area contributed by atoms with Crippen molar-refractivity contribution in [2.75, 3.05) is 26.6 Å². The van der Waals surface area contributed by atoms with Crippen molar-refractivity contribution in [3.8, 4) is 11.8 Å². The molecule has 0 atom stereocenters. The van der Waals surface area contributed by atoms with E-state index in [-0.39, 0.29) is 11.1 Å². The number of carbonyl (C=O) groups is 2. The van der Waals surface area contributed by atoms with Gasteiger partial charge in [-0.2, -0.15) is 5.26 Å². The zero-order valence-corrected chi connectivity index (χ0v) is 15.9. The molecule has 8 heteroatoms. The second-order valence-electron chi connectivity index (χ2n) is 5.28. The van der Waals surface area contributed by atoms with Crippen molar-refractivity contribution in [1.29, 1.82) is 5.26 Å². The van der Waals surface area contributed by atoms with Gasteiger partial charge in [-0.1, -0.05) is 6.07 Å². The lowest BCUT2D eigenvalue weighted by Gasteiger charge is -2.09. The first-order valence-corrected chi connectivity index (χ1v) is 8.66. The summed E-state index contributed by atoms with van der Waals surface area (Å²) < 4.78 is 15.1. The van der Waals surface area contributed by atoms with Crippen LogP contribution in [0.3, 0.4) is 0 Å². The summed E-state index contributed by atoms with van der Waals surface area (Å²) in [6.07, 6.45) is 1.46. The fraction of sp³-hybridized carbons (Fsp3) is 0.211. The molecule has 2 aromatic rings. The zero-order chi connectivity index (χ0) is 19.8. The third-order valence-corrected chi connectivity index (χ3v) is 4.41. The second-order valence-corrected chi connectivity index (χ2v) is 6.20. The highest BCUT2D eigenvalue weighted by Crippen LogP contribution is 2.25. The maximum absolute atomic E-state index is 12.4. The minimum Gasteiger partial charge on any atom is -0.496 e. The zero-order valence-electron chi connectivity index (χ0n) is 15.1. The van der Waals surface area contributed by atoms with Crippen LogP contribution in [-0.4, -0.2) is 33.2 Å². The SMILES string of the molecule is COCc1cc(/C=C(\C#N)C(=O)Nc2sccc2C(=O)OC)ccc1OC. The Labute approximate surface area is 160 Å². The van der Waals surface area contributed by atoms with Crippen molar-refractivity contribution >= 4 is 34.3 Å². The largest absolute Gasteiger partial charge is 0.496 e. The van der Waals surface area contributed by atoms with Gasteiger partial charge in [0.25, 0.3) is 5.91 Å². The number of hydrogen-bond donors (Lipinski definition) is 1. The third-order valence-electron chi connectivity index (χ3n) is 3.58. The molecule has 27 heavy (non-hydrogen) atoms. The van der Waals surface area contributed by atoms with Crippen LogP contribution in [0.4, 0.5) is 5.00 Å². The van der Waals surface area contributed by atoms with Crippen molar-refractivity contribution < 1.29 is 23.8 Å². The standard InChI is InChI=1S/C19H18N2O5S/c1-24-11-14-9-12(4-5-16(14)25-2)8-13(10-20)17(22)21-18-15(6-7-27-18)19(23)26-3/h4-9H,11H2,1-3H3,(H,21,22)/b13-8+. The van der Waals surface area contributed by atoms with E-state index in [1.807, 2.05) is 6.07 Å². The van der Waals surface area contributed by atoms with Crippen LogP contribution in [0.5, 0.6) is 5.75 Å². The Balaban J connectivity index is 2.27. The fourth-order valence-electron chi connectivity index (χ4n) is 2.32. The first kappa shape index (κ1) is 20.2. The summed E-state index contributed by atoms with van der Waals surface area (Å²) in [6, 6.07) is 8.67. The van der Waals surface area contributed by atoms with Gasteiger partial charge >= 0.3 is 5.97 Å². The number of nitriles is 1. The normalized spacial score (nSPS) is 10.8. The lowest BCUT2D eigenvalue weighted by Crippen LogP contribution is -2.15. The van der Waals surface area contributed by atoms with E-state index >= 15 is 0 Å². The van der Waals surface area contributed by atoms with Crippen molar-refractivity contribution in [2.24, 2.45) is 0 Å². The van der Waals surface area contributed by atoms with Gasteiger partial charge in [0, 0.05) is 12.7 Å². The summed E-state index contributed by atoms with van der Waals surface area (Å²) in [6.45, 7) is 0.330. The van der Waals surface area contributed by atoms with Crippen LogP contribution < -0.4 is 10.1 Å². The Hall–Kier alpha value is -3.15. The molecule has 0 aliphatic heterocycles. The number of nitrogens with one attached hydrogen (secondary N) is 1. The number of methoxy groups -OCH3 is 3. The highest BCUT2D eigenvalue weighted by molar-refractivity contribution is 7.14. The van der Waals surface area contributed by atoms with Crippen LogP contribution >= 0.6 is 11.3 Å². The Morgan fingerprint density at radius 1 is 1.26 bits per heavy atom. The Kier molecular flexibility index (Phi) is 7.11. The molecule has 0 bridgehead atoms. The Morgan fingerprint density at radius 3 is 2.67 bits per heavy atom. The molecule has 0 unspecified atom stereocenters. The fourth-order valence-corrected chi connectivity index (χ4v) is 3.09. The summed E-state index contributed by atoms with van der Waals surface area (Å²) in [5.41, 5.74) is 1.57. The number of amides is 1. The monoisotopic (exact) mass is 386 g/mol. The number of rotatable bonds is 7. The van der Waals surface area contributed by atoms with Gasteiger partial charge < -0.3 is 19.5 Å². The molecule has 0 radical (unpaired) electrons. The van der Waals surface area contributed by atoms with Gasteiger partial charge in [0.05, 0.1) is 26.4 Å². The van der Waals surface area contributed by atoms with Crippen LogP contribution in [0.15, 0.2) is 35.2 Å². The third kappa shape index (κ3) is 4.94. The van der Waals surface area contributed by atoms with E-state index in [9.17, 15) is 14.9 Å². The molecule has 0 saturated carbocycles. The topological polar surface area (TPSA) is 97.7 Å². The maximum Gasteiger partial charge on any atom is 0.340 e. The minimum atomic E-state index is -0.616. The van der Waals surface area contributed by atoms with Crippen LogP contribution in [0.2, 0.25) is 0 Å². The first-order valence-electron chi connectivity index (χ1n) is 7.78. The minimum absolute atomic E-state index is 0.104. The predicted molar refractivity (Wildman–Crippen MR) is 102 cm³/mol. The Morgan fingerprint density at radius 2 is 2.04 bits per heavy atom. The smallest absolute Gasteiger partial charge is 0.340 e. The molecule has 2 rings (SSSR count). The number of ether oxygens (including phenoxy) is 3. The molecule has 1 aromatic heterocycles. The van der Waals surface area contributed by atoms with Gasteiger partial charge in [0.1, 0.15) is 22.4 Å². The summed E-state index contributed by atoms with van der Waals surface area (Å²) in [7, 11) is 4.38. The van der Waals surface area contributed by atoms with E-state index < -0.39 is 11.9 Å². The molecule has 7 nitrogen and oxygen atoms in total. The number of thiophene rings is 1. The lowest BCUT2D eigenvalue weighted by molar-refractivity contribution is -0.112.